The molecule has 0 aliphatic carbocycles. The van der Waals surface area contributed by atoms with E-state index in [9.17, 15) is 4.79 Å². The maximum absolute atomic E-state index is 12.6. The van der Waals surface area contributed by atoms with Gasteiger partial charge in [0.2, 0.25) is 0 Å². The van der Waals surface area contributed by atoms with Crippen molar-refractivity contribution in [1.82, 2.24) is 20.1 Å². The number of carbonyl (C=O) groups excluding carboxylic acids is 1. The van der Waals surface area contributed by atoms with Crippen LogP contribution in [0.25, 0.3) is 0 Å². The molecule has 0 aromatic carbocycles. The number of likely N-dealkylation sites (tertiary alicyclic amines) is 1. The molecule has 1 aliphatic heterocycles. The molecule has 2 aromatic heterocycles. The Balaban J connectivity index is 1.90. The lowest BCUT2D eigenvalue weighted by molar-refractivity contribution is 0.0674. The van der Waals surface area contributed by atoms with Gasteiger partial charge in [0.05, 0.1) is 6.04 Å². The Morgan fingerprint density at radius 1 is 1.15 bits per heavy atom. The summed E-state index contributed by atoms with van der Waals surface area (Å²) in [5.41, 5.74) is 1.72. The number of nitrogens with one attached hydrogen (secondary N) is 1. The summed E-state index contributed by atoms with van der Waals surface area (Å²) in [5.74, 6) is 0.0335. The summed E-state index contributed by atoms with van der Waals surface area (Å²) in [6.45, 7) is 0.796. The Hall–Kier alpha value is -2.17. The van der Waals surface area contributed by atoms with E-state index in [0.29, 0.717) is 5.69 Å². The van der Waals surface area contributed by atoms with Crippen LogP contribution in [0.4, 0.5) is 0 Å². The minimum absolute atomic E-state index is 0.0335. The number of nitrogens with zero attached hydrogens (tertiary/aromatic N) is 3. The molecular formula is C15H18N4O. The fourth-order valence-corrected chi connectivity index (χ4v) is 2.81. The highest BCUT2D eigenvalue weighted by Crippen LogP contribution is 2.30. The molecule has 0 saturated carbocycles. The molecular weight excluding hydrogens is 252 g/mol. The fourth-order valence-electron chi connectivity index (χ4n) is 2.81. The predicted octanol–water partition coefficient (Wildman–Crippen LogP) is 2.56. The average Bonchev–Trinajstić information content (AvgIpc) is 2.92. The van der Waals surface area contributed by atoms with Gasteiger partial charge in [0, 0.05) is 25.1 Å². The van der Waals surface area contributed by atoms with E-state index in [2.05, 4.69) is 15.2 Å². The van der Waals surface area contributed by atoms with E-state index in [0.717, 1.165) is 31.4 Å². The molecule has 2 aromatic rings. The highest BCUT2D eigenvalue weighted by atomic mass is 16.2. The maximum Gasteiger partial charge on any atom is 0.272 e. The van der Waals surface area contributed by atoms with E-state index < -0.39 is 0 Å². The number of aromatic nitrogens is 3. The van der Waals surface area contributed by atoms with Crippen LogP contribution in [0.1, 0.15) is 47.8 Å². The molecule has 0 bridgehead atoms. The summed E-state index contributed by atoms with van der Waals surface area (Å²) in [5, 5.41) is 6.65. The van der Waals surface area contributed by atoms with Crippen molar-refractivity contribution < 1.29 is 4.79 Å². The van der Waals surface area contributed by atoms with Gasteiger partial charge in [0.25, 0.3) is 5.91 Å². The summed E-state index contributed by atoms with van der Waals surface area (Å²) >= 11 is 0. The van der Waals surface area contributed by atoms with E-state index >= 15 is 0 Å². The first-order valence-corrected chi connectivity index (χ1v) is 7.06. The van der Waals surface area contributed by atoms with Gasteiger partial charge in [-0.1, -0.05) is 12.8 Å². The zero-order chi connectivity index (χ0) is 13.8. The number of hydrogen-bond acceptors (Lipinski definition) is 3. The number of rotatable bonds is 2. The molecule has 1 N–H and O–H groups in total. The predicted molar refractivity (Wildman–Crippen MR) is 75.1 cm³/mol. The molecule has 20 heavy (non-hydrogen) atoms. The molecule has 104 valence electrons. The largest absolute Gasteiger partial charge is 0.330 e. The normalized spacial score (nSPS) is 19.6. The number of amides is 1. The van der Waals surface area contributed by atoms with E-state index in [4.69, 9.17) is 0 Å². The Labute approximate surface area is 118 Å². The molecule has 0 radical (unpaired) electrons. The molecule has 3 rings (SSSR count). The standard InChI is InChI=1S/C15H18N4O/c20-15(13-7-10-17-18-13)19-11-3-1-2-4-14(19)12-5-8-16-9-6-12/h5-10,14H,1-4,11H2,(H,17,18)/t14-/m1/s1. The van der Waals surface area contributed by atoms with Crippen LogP contribution < -0.4 is 0 Å². The molecule has 5 heteroatoms. The monoisotopic (exact) mass is 270 g/mol. The van der Waals surface area contributed by atoms with Gasteiger partial charge >= 0.3 is 0 Å². The van der Waals surface area contributed by atoms with Crippen LogP contribution in [0.15, 0.2) is 36.8 Å². The lowest BCUT2D eigenvalue weighted by Gasteiger charge is -2.30. The van der Waals surface area contributed by atoms with E-state index in [1.807, 2.05) is 17.0 Å². The Kier molecular flexibility index (Phi) is 3.76. The molecule has 1 saturated heterocycles. The number of carbonyl (C=O) groups is 1. The Bertz CT molecular complexity index is 553. The van der Waals surface area contributed by atoms with Gasteiger partial charge in [0.15, 0.2) is 0 Å². The van der Waals surface area contributed by atoms with Crippen molar-refractivity contribution in [3.63, 3.8) is 0 Å². The number of pyridine rings is 1. The van der Waals surface area contributed by atoms with Crippen molar-refractivity contribution in [3.05, 3.63) is 48.0 Å². The molecule has 0 unspecified atom stereocenters. The number of hydrogen-bond donors (Lipinski definition) is 1. The fraction of sp³-hybridized carbons (Fsp3) is 0.400. The highest BCUT2D eigenvalue weighted by Gasteiger charge is 2.28. The van der Waals surface area contributed by atoms with Gasteiger partial charge in [-0.3, -0.25) is 14.9 Å². The van der Waals surface area contributed by atoms with Crippen LogP contribution in [0.5, 0.6) is 0 Å². The summed E-state index contributed by atoms with van der Waals surface area (Å²) < 4.78 is 0. The molecule has 1 fully saturated rings. The zero-order valence-electron chi connectivity index (χ0n) is 11.3. The quantitative estimate of drug-likeness (QED) is 0.912. The third kappa shape index (κ3) is 2.57. The van der Waals surface area contributed by atoms with Crippen LogP contribution in [-0.2, 0) is 0 Å². The average molecular weight is 270 g/mol. The first kappa shape index (κ1) is 12.8. The zero-order valence-corrected chi connectivity index (χ0v) is 11.3. The summed E-state index contributed by atoms with van der Waals surface area (Å²) in [6, 6.07) is 5.87. The molecule has 0 spiro atoms. The third-order valence-corrected chi connectivity index (χ3v) is 3.84. The lowest BCUT2D eigenvalue weighted by atomic mass is 10.0. The van der Waals surface area contributed by atoms with Crippen molar-refractivity contribution >= 4 is 5.91 Å². The molecule has 3 heterocycles. The number of aromatic amines is 1. The van der Waals surface area contributed by atoms with Crippen molar-refractivity contribution in [2.75, 3.05) is 6.54 Å². The van der Waals surface area contributed by atoms with Crippen molar-refractivity contribution in [3.8, 4) is 0 Å². The maximum atomic E-state index is 12.6. The van der Waals surface area contributed by atoms with Crippen LogP contribution in [-0.4, -0.2) is 32.5 Å². The molecule has 1 atom stereocenters. The third-order valence-electron chi connectivity index (χ3n) is 3.84. The summed E-state index contributed by atoms with van der Waals surface area (Å²) in [7, 11) is 0. The first-order valence-electron chi connectivity index (χ1n) is 7.06. The molecule has 5 nitrogen and oxygen atoms in total. The molecule has 1 aliphatic rings. The highest BCUT2D eigenvalue weighted by molar-refractivity contribution is 5.92. The van der Waals surface area contributed by atoms with Crippen molar-refractivity contribution in [1.29, 1.82) is 0 Å². The van der Waals surface area contributed by atoms with Gasteiger partial charge < -0.3 is 4.90 Å². The first-order chi connectivity index (χ1) is 9.86. The van der Waals surface area contributed by atoms with Gasteiger partial charge in [-0.2, -0.15) is 5.10 Å². The van der Waals surface area contributed by atoms with Crippen molar-refractivity contribution in [2.24, 2.45) is 0 Å². The summed E-state index contributed by atoms with van der Waals surface area (Å²) in [4.78, 5) is 18.7. The van der Waals surface area contributed by atoms with Gasteiger partial charge in [0.1, 0.15) is 5.69 Å². The van der Waals surface area contributed by atoms with Crippen molar-refractivity contribution in [2.45, 2.75) is 31.7 Å². The second-order valence-electron chi connectivity index (χ2n) is 5.11. The minimum atomic E-state index is 0.0335. The van der Waals surface area contributed by atoms with E-state index in [-0.39, 0.29) is 11.9 Å². The minimum Gasteiger partial charge on any atom is -0.330 e. The van der Waals surface area contributed by atoms with Gasteiger partial charge in [-0.25, -0.2) is 0 Å². The van der Waals surface area contributed by atoms with Gasteiger partial charge in [-0.05, 0) is 36.6 Å². The summed E-state index contributed by atoms with van der Waals surface area (Å²) in [6.07, 6.45) is 9.59. The SMILES string of the molecule is O=C(c1ccn[nH]1)N1CCCCC[C@@H]1c1ccncc1. The van der Waals surface area contributed by atoms with Crippen LogP contribution in [0.2, 0.25) is 0 Å². The second-order valence-corrected chi connectivity index (χ2v) is 5.11. The lowest BCUT2D eigenvalue weighted by Crippen LogP contribution is -2.35. The number of H-pyrrole nitrogens is 1. The molecule has 1 amide bonds. The van der Waals surface area contributed by atoms with E-state index in [1.54, 1.807) is 24.7 Å². The van der Waals surface area contributed by atoms with Crippen LogP contribution in [0.3, 0.4) is 0 Å². The van der Waals surface area contributed by atoms with Crippen LogP contribution in [0, 0.1) is 0 Å². The Morgan fingerprint density at radius 2 is 2.00 bits per heavy atom. The van der Waals surface area contributed by atoms with E-state index in [1.165, 1.54) is 6.42 Å². The Morgan fingerprint density at radius 3 is 2.75 bits per heavy atom. The van der Waals surface area contributed by atoms with Gasteiger partial charge in [-0.15, -0.1) is 0 Å². The smallest absolute Gasteiger partial charge is 0.272 e. The topological polar surface area (TPSA) is 61.9 Å². The van der Waals surface area contributed by atoms with Crippen LogP contribution >= 0.6 is 0 Å². The second kappa shape index (κ2) is 5.86.